The standard InChI is InChI=1S/C15H23N5/c1-4-19-15(7-11(2)18-19)10-20-12(3)13(9-17-20)8-16-14-5-6-14/h7,9,14,16H,4-6,8,10H2,1-3H3. The lowest BCUT2D eigenvalue weighted by atomic mass is 10.2. The maximum atomic E-state index is 4.53. The summed E-state index contributed by atoms with van der Waals surface area (Å²) in [5, 5.41) is 12.6. The molecular weight excluding hydrogens is 250 g/mol. The lowest BCUT2D eigenvalue weighted by molar-refractivity contribution is 0.567. The summed E-state index contributed by atoms with van der Waals surface area (Å²) in [6.07, 6.45) is 4.63. The molecule has 1 N–H and O–H groups in total. The number of hydrogen-bond acceptors (Lipinski definition) is 3. The fourth-order valence-electron chi connectivity index (χ4n) is 2.51. The SMILES string of the molecule is CCn1nc(C)cc1Cn1ncc(CNC2CC2)c1C. The van der Waals surface area contributed by atoms with Gasteiger partial charge in [-0.2, -0.15) is 10.2 Å². The van der Waals surface area contributed by atoms with Crippen molar-refractivity contribution in [1.82, 2.24) is 24.9 Å². The maximum absolute atomic E-state index is 4.53. The summed E-state index contributed by atoms with van der Waals surface area (Å²) in [7, 11) is 0. The van der Waals surface area contributed by atoms with Crippen molar-refractivity contribution in [2.45, 2.75) is 59.3 Å². The van der Waals surface area contributed by atoms with Gasteiger partial charge in [-0.05, 0) is 39.7 Å². The second-order valence-corrected chi connectivity index (χ2v) is 5.66. The van der Waals surface area contributed by atoms with E-state index in [1.165, 1.54) is 29.8 Å². The van der Waals surface area contributed by atoms with Crippen LogP contribution in [0.25, 0.3) is 0 Å². The van der Waals surface area contributed by atoms with Gasteiger partial charge in [-0.25, -0.2) is 0 Å². The molecule has 1 aliphatic carbocycles. The Morgan fingerprint density at radius 1 is 1.30 bits per heavy atom. The van der Waals surface area contributed by atoms with Crippen molar-refractivity contribution < 1.29 is 0 Å². The Morgan fingerprint density at radius 3 is 2.80 bits per heavy atom. The van der Waals surface area contributed by atoms with Gasteiger partial charge in [-0.3, -0.25) is 9.36 Å². The van der Waals surface area contributed by atoms with Crippen LogP contribution in [0.3, 0.4) is 0 Å². The minimum Gasteiger partial charge on any atom is -0.310 e. The first kappa shape index (κ1) is 13.4. The van der Waals surface area contributed by atoms with Gasteiger partial charge >= 0.3 is 0 Å². The molecule has 0 aliphatic heterocycles. The molecule has 0 spiro atoms. The first-order valence-electron chi connectivity index (χ1n) is 7.45. The highest BCUT2D eigenvalue weighted by atomic mass is 15.3. The predicted octanol–water partition coefficient (Wildman–Crippen LogP) is 2.02. The van der Waals surface area contributed by atoms with Crippen LogP contribution in [0.15, 0.2) is 12.3 Å². The van der Waals surface area contributed by atoms with E-state index in [2.05, 4.69) is 44.8 Å². The Hall–Kier alpha value is -1.62. The van der Waals surface area contributed by atoms with Gasteiger partial charge in [-0.15, -0.1) is 0 Å². The van der Waals surface area contributed by atoms with E-state index in [0.29, 0.717) is 0 Å². The normalized spacial score (nSPS) is 14.9. The molecule has 0 aromatic carbocycles. The first-order valence-corrected chi connectivity index (χ1v) is 7.45. The predicted molar refractivity (Wildman–Crippen MR) is 78.6 cm³/mol. The van der Waals surface area contributed by atoms with Gasteiger partial charge in [-0.1, -0.05) is 0 Å². The highest BCUT2D eigenvalue weighted by molar-refractivity contribution is 5.18. The first-order chi connectivity index (χ1) is 9.67. The number of hydrogen-bond donors (Lipinski definition) is 1. The minimum absolute atomic E-state index is 0.738. The molecule has 0 saturated heterocycles. The van der Waals surface area contributed by atoms with Gasteiger partial charge in [0, 0.05) is 30.4 Å². The molecule has 0 bridgehead atoms. The Kier molecular flexibility index (Phi) is 3.61. The van der Waals surface area contributed by atoms with Crippen LogP contribution in [0.2, 0.25) is 0 Å². The van der Waals surface area contributed by atoms with E-state index in [9.17, 15) is 0 Å². The van der Waals surface area contributed by atoms with Crippen molar-refractivity contribution in [3.8, 4) is 0 Å². The van der Waals surface area contributed by atoms with E-state index in [1.54, 1.807) is 0 Å². The Labute approximate surface area is 120 Å². The lowest BCUT2D eigenvalue weighted by Crippen LogP contribution is -2.16. The van der Waals surface area contributed by atoms with Crippen molar-refractivity contribution in [3.05, 3.63) is 34.9 Å². The highest BCUT2D eigenvalue weighted by Crippen LogP contribution is 2.20. The Balaban J connectivity index is 1.73. The van der Waals surface area contributed by atoms with E-state index in [4.69, 9.17) is 0 Å². The molecule has 2 heterocycles. The number of nitrogens with one attached hydrogen (secondary N) is 1. The van der Waals surface area contributed by atoms with Crippen LogP contribution in [0.1, 0.15) is 42.4 Å². The van der Waals surface area contributed by atoms with Crippen molar-refractivity contribution in [2.75, 3.05) is 0 Å². The zero-order valence-electron chi connectivity index (χ0n) is 12.6. The second kappa shape index (κ2) is 5.40. The molecule has 20 heavy (non-hydrogen) atoms. The molecule has 2 aromatic rings. The van der Waals surface area contributed by atoms with E-state index in [0.717, 1.165) is 31.4 Å². The highest BCUT2D eigenvalue weighted by Gasteiger charge is 2.20. The molecule has 108 valence electrons. The van der Waals surface area contributed by atoms with Gasteiger partial charge in [0.05, 0.1) is 24.1 Å². The zero-order chi connectivity index (χ0) is 14.1. The molecule has 0 radical (unpaired) electrons. The van der Waals surface area contributed by atoms with Gasteiger partial charge in [0.25, 0.3) is 0 Å². The largest absolute Gasteiger partial charge is 0.310 e. The monoisotopic (exact) mass is 273 g/mol. The average molecular weight is 273 g/mol. The Morgan fingerprint density at radius 2 is 2.10 bits per heavy atom. The van der Waals surface area contributed by atoms with Crippen LogP contribution in [0.5, 0.6) is 0 Å². The number of rotatable bonds is 6. The van der Waals surface area contributed by atoms with Crippen LogP contribution in [0.4, 0.5) is 0 Å². The van der Waals surface area contributed by atoms with Crippen LogP contribution < -0.4 is 5.32 Å². The van der Waals surface area contributed by atoms with Crippen molar-refractivity contribution >= 4 is 0 Å². The fourth-order valence-corrected chi connectivity index (χ4v) is 2.51. The quantitative estimate of drug-likeness (QED) is 0.876. The number of aryl methyl sites for hydroxylation is 2. The Bertz CT molecular complexity index is 591. The molecule has 1 saturated carbocycles. The zero-order valence-corrected chi connectivity index (χ0v) is 12.6. The lowest BCUT2D eigenvalue weighted by Gasteiger charge is -2.08. The molecule has 5 heteroatoms. The number of nitrogens with zero attached hydrogens (tertiary/aromatic N) is 4. The summed E-state index contributed by atoms with van der Waals surface area (Å²) >= 11 is 0. The van der Waals surface area contributed by atoms with Crippen LogP contribution >= 0.6 is 0 Å². The molecule has 0 amide bonds. The fraction of sp³-hybridized carbons (Fsp3) is 0.600. The molecule has 5 nitrogen and oxygen atoms in total. The van der Waals surface area contributed by atoms with Gasteiger partial charge in [0.2, 0.25) is 0 Å². The second-order valence-electron chi connectivity index (χ2n) is 5.66. The summed E-state index contributed by atoms with van der Waals surface area (Å²) < 4.78 is 4.13. The van der Waals surface area contributed by atoms with E-state index in [1.807, 2.05) is 13.1 Å². The summed E-state index contributed by atoms with van der Waals surface area (Å²) in [6.45, 7) is 8.94. The average Bonchev–Trinajstić information content (AvgIpc) is 3.11. The van der Waals surface area contributed by atoms with E-state index in [-0.39, 0.29) is 0 Å². The van der Waals surface area contributed by atoms with Crippen molar-refractivity contribution in [1.29, 1.82) is 0 Å². The molecule has 3 rings (SSSR count). The van der Waals surface area contributed by atoms with E-state index >= 15 is 0 Å². The molecule has 0 atom stereocenters. The maximum Gasteiger partial charge on any atom is 0.0831 e. The van der Waals surface area contributed by atoms with Crippen LogP contribution in [-0.2, 0) is 19.6 Å². The molecular formula is C15H23N5. The third kappa shape index (κ3) is 2.77. The van der Waals surface area contributed by atoms with Gasteiger partial charge in [0.15, 0.2) is 0 Å². The van der Waals surface area contributed by atoms with Crippen molar-refractivity contribution in [2.24, 2.45) is 0 Å². The smallest absolute Gasteiger partial charge is 0.0831 e. The molecule has 1 aliphatic rings. The molecule has 2 aromatic heterocycles. The van der Waals surface area contributed by atoms with E-state index < -0.39 is 0 Å². The third-order valence-electron chi connectivity index (χ3n) is 3.96. The summed E-state index contributed by atoms with van der Waals surface area (Å²) in [5.74, 6) is 0. The minimum atomic E-state index is 0.738. The molecule has 1 fully saturated rings. The van der Waals surface area contributed by atoms with Crippen LogP contribution in [0, 0.1) is 13.8 Å². The third-order valence-corrected chi connectivity index (χ3v) is 3.96. The summed E-state index contributed by atoms with van der Waals surface area (Å²) in [5.41, 5.74) is 4.84. The van der Waals surface area contributed by atoms with Gasteiger partial charge in [0.1, 0.15) is 0 Å². The topological polar surface area (TPSA) is 47.7 Å². The van der Waals surface area contributed by atoms with Gasteiger partial charge < -0.3 is 5.32 Å². The van der Waals surface area contributed by atoms with Crippen LogP contribution in [-0.4, -0.2) is 25.6 Å². The van der Waals surface area contributed by atoms with Crippen molar-refractivity contribution in [3.63, 3.8) is 0 Å². The summed E-state index contributed by atoms with van der Waals surface area (Å²) in [6, 6.07) is 2.88. The summed E-state index contributed by atoms with van der Waals surface area (Å²) in [4.78, 5) is 0. The molecule has 0 unspecified atom stereocenters. The number of aromatic nitrogens is 4.